The third-order valence-corrected chi connectivity index (χ3v) is 2.92. The van der Waals surface area contributed by atoms with E-state index in [4.69, 9.17) is 5.11 Å². The Bertz CT molecular complexity index is 447. The van der Waals surface area contributed by atoms with Crippen molar-refractivity contribution in [1.29, 1.82) is 0 Å². The Morgan fingerprint density at radius 3 is 3.08 bits per heavy atom. The summed E-state index contributed by atoms with van der Waals surface area (Å²) < 4.78 is 2.18. The van der Waals surface area contributed by atoms with E-state index in [2.05, 4.69) is 20.9 Å². The summed E-state index contributed by atoms with van der Waals surface area (Å²) in [5, 5.41) is 10.5. The van der Waals surface area contributed by atoms with Crippen LogP contribution in [0.2, 0.25) is 0 Å². The largest absolute Gasteiger partial charge is 0.476 e. The molecule has 6 heteroatoms. The van der Waals surface area contributed by atoms with Gasteiger partial charge >= 0.3 is 5.97 Å². The van der Waals surface area contributed by atoms with Gasteiger partial charge in [-0.05, 0) is 15.9 Å². The van der Waals surface area contributed by atoms with Crippen LogP contribution in [0.25, 0.3) is 4.96 Å². The molecule has 0 amide bonds. The fourth-order valence-electron chi connectivity index (χ4n) is 0.894. The summed E-state index contributed by atoms with van der Waals surface area (Å²) in [6, 6.07) is 0. The highest BCUT2D eigenvalue weighted by Crippen LogP contribution is 2.21. The van der Waals surface area contributed by atoms with Crippen LogP contribution in [0.4, 0.5) is 0 Å². The van der Waals surface area contributed by atoms with Crippen LogP contribution in [0.5, 0.6) is 0 Å². The number of nitrogens with zero attached hydrogens (tertiary/aromatic N) is 2. The minimum Gasteiger partial charge on any atom is -0.476 e. The minimum absolute atomic E-state index is 0.0573. The lowest BCUT2D eigenvalue weighted by molar-refractivity contribution is 0.0690. The van der Waals surface area contributed by atoms with Gasteiger partial charge in [0.15, 0.2) is 10.7 Å². The first-order valence-corrected chi connectivity index (χ1v) is 4.72. The second-order valence-electron chi connectivity index (χ2n) is 2.11. The van der Waals surface area contributed by atoms with Gasteiger partial charge in [0.25, 0.3) is 0 Å². The maximum atomic E-state index is 10.6. The molecule has 0 aromatic carbocycles. The summed E-state index contributed by atoms with van der Waals surface area (Å²) in [5.74, 6) is -1.02. The van der Waals surface area contributed by atoms with Gasteiger partial charge in [-0.15, -0.1) is 11.3 Å². The number of carboxylic acid groups (broad SMARTS) is 1. The van der Waals surface area contributed by atoms with E-state index in [1.807, 2.05) is 5.38 Å². The molecule has 2 heterocycles. The molecule has 0 atom stereocenters. The number of aromatic nitrogens is 2. The summed E-state index contributed by atoms with van der Waals surface area (Å²) in [4.78, 5) is 15.2. The van der Waals surface area contributed by atoms with Gasteiger partial charge in [-0.25, -0.2) is 9.78 Å². The molecule has 12 heavy (non-hydrogen) atoms. The Hall–Kier alpha value is -0.880. The van der Waals surface area contributed by atoms with Crippen molar-refractivity contribution < 1.29 is 9.90 Å². The lowest BCUT2D eigenvalue weighted by Crippen LogP contribution is -1.97. The normalized spacial score (nSPS) is 10.8. The standard InChI is InChI=1S/C6H3BrN2O2S/c7-4-3(5(10)11)8-6-9(4)1-2-12-6/h1-2H,(H,10,11). The van der Waals surface area contributed by atoms with Crippen molar-refractivity contribution in [3.8, 4) is 0 Å². The van der Waals surface area contributed by atoms with E-state index in [-0.39, 0.29) is 5.69 Å². The van der Waals surface area contributed by atoms with E-state index in [1.165, 1.54) is 11.3 Å². The lowest BCUT2D eigenvalue weighted by Gasteiger charge is -1.86. The zero-order valence-electron chi connectivity index (χ0n) is 5.69. The summed E-state index contributed by atoms with van der Waals surface area (Å²) in [5.41, 5.74) is 0.0573. The zero-order chi connectivity index (χ0) is 8.72. The van der Waals surface area contributed by atoms with Gasteiger partial charge in [-0.2, -0.15) is 0 Å². The van der Waals surface area contributed by atoms with Crippen molar-refractivity contribution in [2.24, 2.45) is 0 Å². The zero-order valence-corrected chi connectivity index (χ0v) is 8.09. The summed E-state index contributed by atoms with van der Waals surface area (Å²) in [6.07, 6.45) is 1.77. The Morgan fingerprint density at radius 1 is 1.75 bits per heavy atom. The van der Waals surface area contributed by atoms with E-state index in [0.29, 0.717) is 9.56 Å². The summed E-state index contributed by atoms with van der Waals surface area (Å²) in [7, 11) is 0. The first kappa shape index (κ1) is 7.75. The monoisotopic (exact) mass is 246 g/mol. The van der Waals surface area contributed by atoms with Crippen LogP contribution < -0.4 is 0 Å². The molecule has 0 radical (unpaired) electrons. The molecular formula is C6H3BrN2O2S. The number of hydrogen-bond donors (Lipinski definition) is 1. The molecule has 1 N–H and O–H groups in total. The predicted molar refractivity (Wildman–Crippen MR) is 47.7 cm³/mol. The third-order valence-electron chi connectivity index (χ3n) is 1.41. The molecule has 0 bridgehead atoms. The number of imidazole rings is 1. The van der Waals surface area contributed by atoms with Gasteiger partial charge in [0.2, 0.25) is 0 Å². The molecule has 0 saturated carbocycles. The Kier molecular flexibility index (Phi) is 1.66. The number of carbonyl (C=O) groups is 1. The van der Waals surface area contributed by atoms with Crippen LogP contribution >= 0.6 is 27.3 Å². The summed E-state index contributed by atoms with van der Waals surface area (Å²) in [6.45, 7) is 0. The maximum absolute atomic E-state index is 10.6. The highest BCUT2D eigenvalue weighted by atomic mass is 79.9. The average Bonchev–Trinajstić information content (AvgIpc) is 2.53. The first-order valence-electron chi connectivity index (χ1n) is 3.04. The van der Waals surface area contributed by atoms with E-state index < -0.39 is 5.97 Å². The van der Waals surface area contributed by atoms with Crippen LogP contribution in [0.1, 0.15) is 10.5 Å². The second-order valence-corrected chi connectivity index (χ2v) is 3.74. The van der Waals surface area contributed by atoms with E-state index in [0.717, 1.165) is 0 Å². The van der Waals surface area contributed by atoms with Gasteiger partial charge in [-0.1, -0.05) is 0 Å². The molecule has 62 valence electrons. The van der Waals surface area contributed by atoms with E-state index in [1.54, 1.807) is 10.6 Å². The van der Waals surface area contributed by atoms with E-state index >= 15 is 0 Å². The predicted octanol–water partition coefficient (Wildman–Crippen LogP) is 1.86. The summed E-state index contributed by atoms with van der Waals surface area (Å²) >= 11 is 4.56. The molecular weight excluding hydrogens is 244 g/mol. The number of thiazole rings is 1. The third kappa shape index (κ3) is 0.953. The lowest BCUT2D eigenvalue weighted by atomic mass is 10.5. The van der Waals surface area contributed by atoms with E-state index in [9.17, 15) is 4.79 Å². The van der Waals surface area contributed by atoms with Crippen molar-refractivity contribution in [1.82, 2.24) is 9.38 Å². The molecule has 0 aliphatic rings. The number of halogens is 1. The van der Waals surface area contributed by atoms with Gasteiger partial charge in [-0.3, -0.25) is 4.40 Å². The molecule has 2 aromatic heterocycles. The number of rotatable bonds is 1. The van der Waals surface area contributed by atoms with Crippen LogP contribution in [-0.2, 0) is 0 Å². The topological polar surface area (TPSA) is 54.6 Å². The number of fused-ring (bicyclic) bond motifs is 1. The molecule has 2 aromatic rings. The quantitative estimate of drug-likeness (QED) is 0.836. The van der Waals surface area contributed by atoms with Crippen molar-refractivity contribution in [3.63, 3.8) is 0 Å². The van der Waals surface area contributed by atoms with Gasteiger partial charge in [0.1, 0.15) is 4.60 Å². The number of hydrogen-bond acceptors (Lipinski definition) is 3. The van der Waals surface area contributed by atoms with Crippen LogP contribution in [0, 0.1) is 0 Å². The smallest absolute Gasteiger partial charge is 0.357 e. The Morgan fingerprint density at radius 2 is 2.50 bits per heavy atom. The minimum atomic E-state index is -1.02. The highest BCUT2D eigenvalue weighted by Gasteiger charge is 2.15. The SMILES string of the molecule is O=C(O)c1nc2sccn2c1Br. The highest BCUT2D eigenvalue weighted by molar-refractivity contribution is 9.10. The fourth-order valence-corrected chi connectivity index (χ4v) is 2.27. The van der Waals surface area contributed by atoms with Crippen molar-refractivity contribution in [2.45, 2.75) is 0 Å². The van der Waals surface area contributed by atoms with Crippen LogP contribution in [-0.4, -0.2) is 20.5 Å². The van der Waals surface area contributed by atoms with Gasteiger partial charge in [0.05, 0.1) is 0 Å². The number of aromatic carboxylic acids is 1. The Labute approximate surface area is 79.6 Å². The van der Waals surface area contributed by atoms with Crippen molar-refractivity contribution in [3.05, 3.63) is 21.9 Å². The number of carboxylic acids is 1. The van der Waals surface area contributed by atoms with Crippen LogP contribution in [0.3, 0.4) is 0 Å². The van der Waals surface area contributed by atoms with Crippen molar-refractivity contribution in [2.75, 3.05) is 0 Å². The van der Waals surface area contributed by atoms with Crippen LogP contribution in [0.15, 0.2) is 16.2 Å². The van der Waals surface area contributed by atoms with Gasteiger partial charge in [0, 0.05) is 11.6 Å². The maximum Gasteiger partial charge on any atom is 0.357 e. The Balaban J connectivity index is 2.78. The first-order chi connectivity index (χ1) is 5.70. The molecule has 0 aliphatic carbocycles. The molecule has 0 unspecified atom stereocenters. The molecule has 4 nitrogen and oxygen atoms in total. The average molecular weight is 247 g/mol. The molecule has 2 rings (SSSR count). The second kappa shape index (κ2) is 2.56. The molecule has 0 saturated heterocycles. The molecule has 0 spiro atoms. The van der Waals surface area contributed by atoms with Gasteiger partial charge < -0.3 is 5.11 Å². The fraction of sp³-hybridized carbons (Fsp3) is 0. The van der Waals surface area contributed by atoms with Crippen molar-refractivity contribution >= 4 is 38.2 Å². The molecule has 0 fully saturated rings. The molecule has 0 aliphatic heterocycles.